The van der Waals surface area contributed by atoms with Crippen LogP contribution in [0.15, 0.2) is 0 Å². The molecule has 1 atom stereocenters. The van der Waals surface area contributed by atoms with Crippen molar-refractivity contribution >= 4 is 5.91 Å². The molecule has 1 aliphatic carbocycles. The van der Waals surface area contributed by atoms with E-state index in [1.165, 1.54) is 25.7 Å². The van der Waals surface area contributed by atoms with Crippen molar-refractivity contribution in [3.63, 3.8) is 0 Å². The number of piperidine rings is 1. The molecule has 2 aliphatic rings. The molecular formula is C13H24N2O. The Balaban J connectivity index is 1.74. The van der Waals surface area contributed by atoms with Gasteiger partial charge in [0.15, 0.2) is 0 Å². The van der Waals surface area contributed by atoms with Gasteiger partial charge in [-0.1, -0.05) is 19.8 Å². The normalized spacial score (nSPS) is 28.9. The van der Waals surface area contributed by atoms with E-state index in [-0.39, 0.29) is 11.8 Å². The lowest BCUT2D eigenvalue weighted by molar-refractivity contribution is -0.125. The molecule has 0 aromatic heterocycles. The highest BCUT2D eigenvalue weighted by Gasteiger charge is 2.30. The summed E-state index contributed by atoms with van der Waals surface area (Å²) in [5, 5.41) is 6.45. The molecule has 92 valence electrons. The first-order chi connectivity index (χ1) is 7.70. The van der Waals surface area contributed by atoms with Crippen LogP contribution in [-0.4, -0.2) is 25.5 Å². The fraction of sp³-hybridized carbons (Fsp3) is 0.923. The van der Waals surface area contributed by atoms with Crippen molar-refractivity contribution in [2.45, 2.75) is 45.4 Å². The predicted octanol–water partition coefficient (Wildman–Crippen LogP) is 1.68. The minimum atomic E-state index is 0.207. The van der Waals surface area contributed by atoms with Crippen LogP contribution in [0, 0.1) is 11.3 Å². The monoisotopic (exact) mass is 224 g/mol. The van der Waals surface area contributed by atoms with Crippen molar-refractivity contribution < 1.29 is 4.79 Å². The molecular weight excluding hydrogens is 200 g/mol. The van der Waals surface area contributed by atoms with E-state index in [2.05, 4.69) is 17.6 Å². The molecule has 0 aromatic carbocycles. The van der Waals surface area contributed by atoms with E-state index < -0.39 is 0 Å². The van der Waals surface area contributed by atoms with Gasteiger partial charge in [-0.2, -0.15) is 0 Å². The van der Waals surface area contributed by atoms with Crippen molar-refractivity contribution in [3.8, 4) is 0 Å². The maximum atomic E-state index is 11.9. The van der Waals surface area contributed by atoms with Gasteiger partial charge in [0, 0.05) is 13.1 Å². The SMILES string of the molecule is CC1(CNC(=O)[C@H]2CCCNC2)CCCC1. The van der Waals surface area contributed by atoms with Gasteiger partial charge in [0.05, 0.1) is 5.92 Å². The van der Waals surface area contributed by atoms with Crippen LogP contribution in [0.5, 0.6) is 0 Å². The zero-order valence-corrected chi connectivity index (χ0v) is 10.3. The Bertz CT molecular complexity index is 240. The van der Waals surface area contributed by atoms with Crippen LogP contribution >= 0.6 is 0 Å². The molecule has 0 bridgehead atoms. The number of carbonyl (C=O) groups is 1. The second-order valence-corrected chi connectivity index (χ2v) is 5.78. The van der Waals surface area contributed by atoms with E-state index in [1.807, 2.05) is 0 Å². The molecule has 0 radical (unpaired) electrons. The van der Waals surface area contributed by atoms with E-state index >= 15 is 0 Å². The Kier molecular flexibility index (Phi) is 3.85. The average molecular weight is 224 g/mol. The quantitative estimate of drug-likeness (QED) is 0.766. The Morgan fingerprint density at radius 1 is 1.38 bits per heavy atom. The second-order valence-electron chi connectivity index (χ2n) is 5.78. The highest BCUT2D eigenvalue weighted by molar-refractivity contribution is 5.79. The van der Waals surface area contributed by atoms with Gasteiger partial charge in [0.1, 0.15) is 0 Å². The number of rotatable bonds is 3. The summed E-state index contributed by atoms with van der Waals surface area (Å²) in [4.78, 5) is 11.9. The Morgan fingerprint density at radius 3 is 2.75 bits per heavy atom. The summed E-state index contributed by atoms with van der Waals surface area (Å²) in [5.41, 5.74) is 0.373. The average Bonchev–Trinajstić information content (AvgIpc) is 2.75. The highest BCUT2D eigenvalue weighted by atomic mass is 16.1. The highest BCUT2D eigenvalue weighted by Crippen LogP contribution is 2.36. The van der Waals surface area contributed by atoms with Crippen molar-refractivity contribution in [1.29, 1.82) is 0 Å². The van der Waals surface area contributed by atoms with Gasteiger partial charge in [0.2, 0.25) is 5.91 Å². The van der Waals surface area contributed by atoms with Crippen molar-refractivity contribution in [2.24, 2.45) is 11.3 Å². The molecule has 1 saturated carbocycles. The molecule has 0 spiro atoms. The van der Waals surface area contributed by atoms with Crippen molar-refractivity contribution in [3.05, 3.63) is 0 Å². The molecule has 2 rings (SSSR count). The van der Waals surface area contributed by atoms with Gasteiger partial charge in [-0.25, -0.2) is 0 Å². The van der Waals surface area contributed by atoms with Gasteiger partial charge in [-0.15, -0.1) is 0 Å². The maximum Gasteiger partial charge on any atom is 0.224 e. The third-order valence-corrected chi connectivity index (χ3v) is 4.17. The lowest BCUT2D eigenvalue weighted by atomic mass is 9.88. The van der Waals surface area contributed by atoms with Crippen LogP contribution in [0.2, 0.25) is 0 Å². The topological polar surface area (TPSA) is 41.1 Å². The summed E-state index contributed by atoms with van der Waals surface area (Å²) in [6.45, 7) is 5.12. The molecule has 2 fully saturated rings. The van der Waals surface area contributed by atoms with Crippen LogP contribution in [0.1, 0.15) is 45.4 Å². The lowest BCUT2D eigenvalue weighted by Gasteiger charge is -2.27. The van der Waals surface area contributed by atoms with Crippen LogP contribution in [-0.2, 0) is 4.79 Å². The van der Waals surface area contributed by atoms with E-state index in [0.29, 0.717) is 5.41 Å². The summed E-state index contributed by atoms with van der Waals surface area (Å²) in [7, 11) is 0. The van der Waals surface area contributed by atoms with Crippen LogP contribution in [0.4, 0.5) is 0 Å². The largest absolute Gasteiger partial charge is 0.355 e. The van der Waals surface area contributed by atoms with Crippen molar-refractivity contribution in [2.75, 3.05) is 19.6 Å². The minimum absolute atomic E-state index is 0.207. The summed E-state index contributed by atoms with van der Waals surface area (Å²) in [5.74, 6) is 0.471. The first-order valence-corrected chi connectivity index (χ1v) is 6.68. The fourth-order valence-electron chi connectivity index (χ4n) is 2.93. The van der Waals surface area contributed by atoms with Crippen LogP contribution in [0.25, 0.3) is 0 Å². The standard InChI is InChI=1S/C13H24N2O/c1-13(6-2-3-7-13)10-15-12(16)11-5-4-8-14-9-11/h11,14H,2-10H2,1H3,(H,15,16)/t11-/m0/s1. The number of nitrogens with one attached hydrogen (secondary N) is 2. The predicted molar refractivity (Wildman–Crippen MR) is 65.2 cm³/mol. The van der Waals surface area contributed by atoms with Crippen LogP contribution in [0.3, 0.4) is 0 Å². The molecule has 3 heteroatoms. The Hall–Kier alpha value is -0.570. The summed E-state index contributed by atoms with van der Waals surface area (Å²) < 4.78 is 0. The molecule has 0 aromatic rings. The summed E-state index contributed by atoms with van der Waals surface area (Å²) in [6, 6.07) is 0. The molecule has 0 unspecified atom stereocenters. The van der Waals surface area contributed by atoms with Gasteiger partial charge in [-0.05, 0) is 37.6 Å². The number of amides is 1. The van der Waals surface area contributed by atoms with E-state index in [1.54, 1.807) is 0 Å². The number of carbonyl (C=O) groups excluding carboxylic acids is 1. The molecule has 1 aliphatic heterocycles. The fourth-order valence-corrected chi connectivity index (χ4v) is 2.93. The maximum absolute atomic E-state index is 11.9. The van der Waals surface area contributed by atoms with Crippen LogP contribution < -0.4 is 10.6 Å². The van der Waals surface area contributed by atoms with Gasteiger partial charge in [0.25, 0.3) is 0 Å². The minimum Gasteiger partial charge on any atom is -0.355 e. The van der Waals surface area contributed by atoms with Gasteiger partial charge < -0.3 is 10.6 Å². The summed E-state index contributed by atoms with van der Waals surface area (Å²) in [6.07, 6.45) is 7.39. The van der Waals surface area contributed by atoms with Gasteiger partial charge >= 0.3 is 0 Å². The first kappa shape index (κ1) is 11.9. The third-order valence-electron chi connectivity index (χ3n) is 4.17. The van der Waals surface area contributed by atoms with Crippen molar-refractivity contribution in [1.82, 2.24) is 10.6 Å². The molecule has 1 heterocycles. The van der Waals surface area contributed by atoms with E-state index in [0.717, 1.165) is 32.5 Å². The summed E-state index contributed by atoms with van der Waals surface area (Å²) >= 11 is 0. The Labute approximate surface area is 98.4 Å². The second kappa shape index (κ2) is 5.17. The molecule has 3 nitrogen and oxygen atoms in total. The smallest absolute Gasteiger partial charge is 0.224 e. The Morgan fingerprint density at radius 2 is 2.12 bits per heavy atom. The molecule has 1 saturated heterocycles. The molecule has 16 heavy (non-hydrogen) atoms. The molecule has 2 N–H and O–H groups in total. The van der Waals surface area contributed by atoms with E-state index in [4.69, 9.17) is 0 Å². The first-order valence-electron chi connectivity index (χ1n) is 6.68. The zero-order chi connectivity index (χ0) is 11.4. The van der Waals surface area contributed by atoms with Gasteiger partial charge in [-0.3, -0.25) is 4.79 Å². The van der Waals surface area contributed by atoms with E-state index in [9.17, 15) is 4.79 Å². The number of hydrogen-bond donors (Lipinski definition) is 2. The zero-order valence-electron chi connectivity index (χ0n) is 10.3. The molecule has 1 amide bonds. The number of hydrogen-bond acceptors (Lipinski definition) is 2. The third kappa shape index (κ3) is 2.97. The lowest BCUT2D eigenvalue weighted by Crippen LogP contribution is -2.43.